The van der Waals surface area contributed by atoms with Gasteiger partial charge in [0.1, 0.15) is 0 Å². The number of fused-ring (bicyclic) bond motifs is 3. The standard InChI is InChI=1S/C36H24O5.CH4/c37-32-31(33(38)35(40)36(41)34(32)39)30-27-13-5-3-11-25(27)29(26-12-4-6-14-28(26)30)22-18-16-21(17-19-22)24-15-7-9-20-8-1-2-10-23(20)24;/h1-19,37-41H;1H4. The minimum absolute atomic E-state index is 0. The molecule has 0 radical (unpaired) electrons. The topological polar surface area (TPSA) is 101 Å². The summed E-state index contributed by atoms with van der Waals surface area (Å²) in [6, 6.07) is 38.2. The molecule has 42 heavy (non-hydrogen) atoms. The molecule has 206 valence electrons. The van der Waals surface area contributed by atoms with Crippen LogP contribution in [0.15, 0.2) is 115 Å². The zero-order chi connectivity index (χ0) is 28.2. The normalized spacial score (nSPS) is 11.1. The largest absolute Gasteiger partial charge is 0.504 e. The van der Waals surface area contributed by atoms with Crippen LogP contribution in [0.3, 0.4) is 0 Å². The minimum Gasteiger partial charge on any atom is -0.504 e. The van der Waals surface area contributed by atoms with Crippen molar-refractivity contribution in [3.63, 3.8) is 0 Å². The maximum absolute atomic E-state index is 10.9. The van der Waals surface area contributed by atoms with Gasteiger partial charge in [0.25, 0.3) is 0 Å². The molecule has 5 heteroatoms. The van der Waals surface area contributed by atoms with Gasteiger partial charge in [-0.25, -0.2) is 0 Å². The first kappa shape index (κ1) is 26.5. The highest BCUT2D eigenvalue weighted by Crippen LogP contribution is 2.57. The van der Waals surface area contributed by atoms with E-state index < -0.39 is 28.7 Å². The second-order valence-electron chi connectivity index (χ2n) is 10.1. The Balaban J connectivity index is 0.00000316. The SMILES string of the molecule is C.Oc1c(O)c(O)c(-c2c3ccccc3c(-c3ccc(-c4cccc5ccccc45)cc3)c3ccccc23)c(O)c1O. The molecule has 0 atom stereocenters. The summed E-state index contributed by atoms with van der Waals surface area (Å²) >= 11 is 0. The number of hydrogen-bond acceptors (Lipinski definition) is 5. The molecule has 0 fully saturated rings. The molecule has 7 aromatic rings. The molecule has 0 aliphatic carbocycles. The zero-order valence-electron chi connectivity index (χ0n) is 21.7. The van der Waals surface area contributed by atoms with E-state index in [9.17, 15) is 25.5 Å². The highest BCUT2D eigenvalue weighted by atomic mass is 16.4. The molecule has 7 rings (SSSR count). The molecule has 0 aliphatic heterocycles. The molecule has 0 bridgehead atoms. The summed E-state index contributed by atoms with van der Waals surface area (Å²) < 4.78 is 0. The molecule has 0 amide bonds. The lowest BCUT2D eigenvalue weighted by Crippen LogP contribution is -1.92. The Morgan fingerprint density at radius 1 is 0.310 bits per heavy atom. The summed E-state index contributed by atoms with van der Waals surface area (Å²) in [6.45, 7) is 0. The van der Waals surface area contributed by atoms with Crippen LogP contribution in [0.4, 0.5) is 0 Å². The summed E-state index contributed by atoms with van der Waals surface area (Å²) in [5.41, 5.74) is 4.46. The molecule has 0 spiro atoms. The van der Waals surface area contributed by atoms with Crippen molar-refractivity contribution in [1.29, 1.82) is 0 Å². The van der Waals surface area contributed by atoms with Crippen LogP contribution in [0.25, 0.3) is 65.7 Å². The van der Waals surface area contributed by atoms with Crippen LogP contribution >= 0.6 is 0 Å². The number of benzene rings is 7. The molecular weight excluding hydrogens is 524 g/mol. The Kier molecular flexibility index (Phi) is 6.35. The highest BCUT2D eigenvalue weighted by Gasteiger charge is 2.27. The molecule has 5 N–H and O–H groups in total. The van der Waals surface area contributed by atoms with Gasteiger partial charge in [-0.2, -0.15) is 0 Å². The van der Waals surface area contributed by atoms with Crippen molar-refractivity contribution < 1.29 is 25.5 Å². The summed E-state index contributed by atoms with van der Waals surface area (Å²) in [5, 5.41) is 57.9. The number of phenols is 5. The first-order valence-electron chi connectivity index (χ1n) is 13.2. The Bertz CT molecular complexity index is 2050. The van der Waals surface area contributed by atoms with E-state index in [0.717, 1.165) is 33.0 Å². The monoisotopic (exact) mass is 552 g/mol. The van der Waals surface area contributed by atoms with Gasteiger partial charge in [-0.1, -0.05) is 123 Å². The third-order valence-corrected chi connectivity index (χ3v) is 7.83. The molecule has 0 saturated heterocycles. The van der Waals surface area contributed by atoms with E-state index in [0.29, 0.717) is 16.3 Å². The predicted molar refractivity (Wildman–Crippen MR) is 170 cm³/mol. The van der Waals surface area contributed by atoms with Gasteiger partial charge in [0.15, 0.2) is 11.5 Å². The second kappa shape index (κ2) is 10.1. The van der Waals surface area contributed by atoms with Crippen LogP contribution in [0.5, 0.6) is 28.7 Å². The Labute approximate surface area is 242 Å². The highest BCUT2D eigenvalue weighted by molar-refractivity contribution is 6.22. The predicted octanol–water partition coefficient (Wildman–Crippen LogP) is 9.31. The third kappa shape index (κ3) is 3.86. The fourth-order valence-corrected chi connectivity index (χ4v) is 5.92. The molecule has 7 aromatic carbocycles. The smallest absolute Gasteiger partial charge is 0.208 e. The van der Waals surface area contributed by atoms with Gasteiger partial charge in [-0.3, -0.25) is 0 Å². The second-order valence-corrected chi connectivity index (χ2v) is 10.1. The van der Waals surface area contributed by atoms with Crippen LogP contribution in [0.2, 0.25) is 0 Å². The van der Waals surface area contributed by atoms with Crippen LogP contribution in [0.1, 0.15) is 7.43 Å². The molecule has 5 nitrogen and oxygen atoms in total. The van der Waals surface area contributed by atoms with Crippen molar-refractivity contribution in [2.45, 2.75) is 7.43 Å². The van der Waals surface area contributed by atoms with E-state index >= 15 is 0 Å². The first-order valence-corrected chi connectivity index (χ1v) is 13.2. The summed E-state index contributed by atoms with van der Waals surface area (Å²) in [4.78, 5) is 0. The first-order chi connectivity index (χ1) is 20.0. The van der Waals surface area contributed by atoms with Crippen molar-refractivity contribution in [3.8, 4) is 62.1 Å². The van der Waals surface area contributed by atoms with Crippen LogP contribution in [0, 0.1) is 0 Å². The minimum atomic E-state index is -0.986. The number of aromatic hydroxyl groups is 5. The zero-order valence-corrected chi connectivity index (χ0v) is 21.7. The average Bonchev–Trinajstić information content (AvgIpc) is 3.02. The van der Waals surface area contributed by atoms with E-state index in [1.54, 1.807) is 0 Å². The summed E-state index contributed by atoms with van der Waals surface area (Å²) in [5.74, 6) is -4.24. The maximum atomic E-state index is 10.9. The van der Waals surface area contributed by atoms with Gasteiger partial charge in [0, 0.05) is 5.56 Å². The van der Waals surface area contributed by atoms with Gasteiger partial charge in [-0.15, -0.1) is 0 Å². The number of hydrogen-bond donors (Lipinski definition) is 5. The van der Waals surface area contributed by atoms with Crippen molar-refractivity contribution in [2.75, 3.05) is 0 Å². The van der Waals surface area contributed by atoms with Crippen molar-refractivity contribution in [1.82, 2.24) is 0 Å². The molecule has 0 heterocycles. The van der Waals surface area contributed by atoms with Crippen molar-refractivity contribution in [3.05, 3.63) is 115 Å². The summed E-state index contributed by atoms with van der Waals surface area (Å²) in [6.07, 6.45) is 0. The van der Waals surface area contributed by atoms with Gasteiger partial charge in [-0.05, 0) is 54.6 Å². The van der Waals surface area contributed by atoms with E-state index in [-0.39, 0.29) is 13.0 Å². The fourth-order valence-electron chi connectivity index (χ4n) is 5.92. The lowest BCUT2D eigenvalue weighted by Gasteiger charge is -2.20. The lowest BCUT2D eigenvalue weighted by atomic mass is 9.85. The van der Waals surface area contributed by atoms with Gasteiger partial charge < -0.3 is 25.5 Å². The van der Waals surface area contributed by atoms with Crippen molar-refractivity contribution >= 4 is 32.3 Å². The Morgan fingerprint density at radius 2 is 0.714 bits per heavy atom. The number of phenolic OH excluding ortho intramolecular Hbond substituents is 5. The molecule has 0 unspecified atom stereocenters. The van der Waals surface area contributed by atoms with Crippen LogP contribution < -0.4 is 0 Å². The molecular formula is C37H28O5. The Morgan fingerprint density at radius 3 is 1.26 bits per heavy atom. The quantitative estimate of drug-likeness (QED) is 0.0854. The fraction of sp³-hybridized carbons (Fsp3) is 0.0270. The lowest BCUT2D eigenvalue weighted by molar-refractivity contribution is 0.330. The molecule has 0 aliphatic rings. The van der Waals surface area contributed by atoms with E-state index in [2.05, 4.69) is 54.6 Å². The van der Waals surface area contributed by atoms with Gasteiger partial charge in [0.2, 0.25) is 17.2 Å². The van der Waals surface area contributed by atoms with Crippen LogP contribution in [-0.4, -0.2) is 25.5 Å². The van der Waals surface area contributed by atoms with E-state index in [4.69, 9.17) is 0 Å². The summed E-state index contributed by atoms with van der Waals surface area (Å²) in [7, 11) is 0. The van der Waals surface area contributed by atoms with E-state index in [1.807, 2.05) is 60.7 Å². The molecule has 0 aromatic heterocycles. The maximum Gasteiger partial charge on any atom is 0.208 e. The third-order valence-electron chi connectivity index (χ3n) is 7.83. The number of rotatable bonds is 3. The van der Waals surface area contributed by atoms with Gasteiger partial charge >= 0.3 is 0 Å². The van der Waals surface area contributed by atoms with Gasteiger partial charge in [0.05, 0.1) is 5.56 Å². The molecule has 0 saturated carbocycles. The van der Waals surface area contributed by atoms with Crippen LogP contribution in [-0.2, 0) is 0 Å². The van der Waals surface area contributed by atoms with E-state index in [1.165, 1.54) is 10.8 Å². The Hall–Kier alpha value is -5.68. The average molecular weight is 553 g/mol. The van der Waals surface area contributed by atoms with Crippen molar-refractivity contribution in [2.24, 2.45) is 0 Å².